The van der Waals surface area contributed by atoms with Crippen LogP contribution in [0.2, 0.25) is 19.6 Å². The molecule has 1 aliphatic rings. The van der Waals surface area contributed by atoms with E-state index < -0.39 is 8.32 Å². The summed E-state index contributed by atoms with van der Waals surface area (Å²) < 4.78 is 6.18. The molecule has 0 N–H and O–H groups in total. The molecule has 0 saturated carbocycles. The van der Waals surface area contributed by atoms with Gasteiger partial charge < -0.3 is 4.43 Å². The van der Waals surface area contributed by atoms with Crippen molar-refractivity contribution in [3.63, 3.8) is 0 Å². The Morgan fingerprint density at radius 3 is 2.64 bits per heavy atom. The van der Waals surface area contributed by atoms with Gasteiger partial charge in [-0.2, -0.15) is 0 Å². The van der Waals surface area contributed by atoms with Gasteiger partial charge in [0.15, 0.2) is 8.32 Å². The Kier molecular flexibility index (Phi) is 4.39. The summed E-state index contributed by atoms with van der Waals surface area (Å²) in [7, 11) is -1.34. The summed E-state index contributed by atoms with van der Waals surface area (Å²) in [5.74, 6) is 0. The molecule has 14 heavy (non-hydrogen) atoms. The Morgan fingerprint density at radius 2 is 2.00 bits per heavy atom. The van der Waals surface area contributed by atoms with Crippen LogP contribution in [0.15, 0.2) is 11.6 Å². The lowest BCUT2D eigenvalue weighted by Gasteiger charge is -2.27. The predicted octanol–water partition coefficient (Wildman–Crippen LogP) is 4.12. The molecule has 0 aromatic heterocycles. The van der Waals surface area contributed by atoms with E-state index in [-0.39, 0.29) is 0 Å². The van der Waals surface area contributed by atoms with Crippen LogP contribution in [0.1, 0.15) is 39.0 Å². The van der Waals surface area contributed by atoms with Gasteiger partial charge in [-0.25, -0.2) is 0 Å². The normalized spacial score (nSPS) is 28.9. The molecule has 0 heterocycles. The second-order valence-corrected chi connectivity index (χ2v) is 9.85. The SMILES string of the molecule is C/C1=C/CCCCC(O[Si](C)(C)C)C1. The van der Waals surface area contributed by atoms with Gasteiger partial charge >= 0.3 is 0 Å². The van der Waals surface area contributed by atoms with Gasteiger partial charge in [0.25, 0.3) is 0 Å². The van der Waals surface area contributed by atoms with Crippen molar-refractivity contribution in [2.45, 2.75) is 64.8 Å². The fraction of sp³-hybridized carbons (Fsp3) is 0.833. The lowest BCUT2D eigenvalue weighted by Crippen LogP contribution is -2.32. The second-order valence-electron chi connectivity index (χ2n) is 5.39. The Bertz CT molecular complexity index is 203. The summed E-state index contributed by atoms with van der Waals surface area (Å²) in [6, 6.07) is 0. The maximum atomic E-state index is 6.18. The molecule has 0 amide bonds. The van der Waals surface area contributed by atoms with Crippen molar-refractivity contribution in [2.24, 2.45) is 0 Å². The monoisotopic (exact) mass is 212 g/mol. The van der Waals surface area contributed by atoms with Crippen LogP contribution in [0.5, 0.6) is 0 Å². The lowest BCUT2D eigenvalue weighted by atomic mass is 9.99. The van der Waals surface area contributed by atoms with Crippen molar-refractivity contribution in [3.8, 4) is 0 Å². The Hall–Kier alpha value is -0.0831. The van der Waals surface area contributed by atoms with E-state index in [9.17, 15) is 0 Å². The topological polar surface area (TPSA) is 9.23 Å². The van der Waals surface area contributed by atoms with Crippen LogP contribution in [0, 0.1) is 0 Å². The van der Waals surface area contributed by atoms with E-state index in [0.717, 1.165) is 6.42 Å². The minimum absolute atomic E-state index is 0.498. The van der Waals surface area contributed by atoms with Crippen molar-refractivity contribution in [1.82, 2.24) is 0 Å². The van der Waals surface area contributed by atoms with Crippen LogP contribution in [0.3, 0.4) is 0 Å². The van der Waals surface area contributed by atoms with Crippen molar-refractivity contribution in [3.05, 3.63) is 11.6 Å². The van der Waals surface area contributed by atoms with E-state index in [1.54, 1.807) is 0 Å². The average Bonchev–Trinajstić information content (AvgIpc) is 1.96. The molecule has 1 unspecified atom stereocenters. The molecule has 0 aliphatic heterocycles. The third-order valence-electron chi connectivity index (χ3n) is 2.54. The van der Waals surface area contributed by atoms with E-state index in [4.69, 9.17) is 4.43 Å². The van der Waals surface area contributed by atoms with E-state index in [0.29, 0.717) is 6.10 Å². The Balaban J connectivity index is 2.50. The summed E-state index contributed by atoms with van der Waals surface area (Å²) in [4.78, 5) is 0. The summed E-state index contributed by atoms with van der Waals surface area (Å²) in [6.07, 6.45) is 9.24. The van der Waals surface area contributed by atoms with E-state index in [1.807, 2.05) is 0 Å². The average molecular weight is 212 g/mol. The minimum Gasteiger partial charge on any atom is -0.414 e. The van der Waals surface area contributed by atoms with Crippen LogP contribution in [-0.2, 0) is 4.43 Å². The molecule has 1 aliphatic carbocycles. The third kappa shape index (κ3) is 4.96. The zero-order valence-corrected chi connectivity index (χ0v) is 11.1. The molecule has 82 valence electrons. The Labute approximate surface area is 89.7 Å². The third-order valence-corrected chi connectivity index (χ3v) is 3.58. The number of allylic oxidation sites excluding steroid dienone is 1. The maximum Gasteiger partial charge on any atom is 0.184 e. The summed E-state index contributed by atoms with van der Waals surface area (Å²) in [5, 5.41) is 0. The molecular formula is C12H24OSi. The summed E-state index contributed by atoms with van der Waals surface area (Å²) in [5.41, 5.74) is 1.52. The molecule has 1 rings (SSSR count). The van der Waals surface area contributed by atoms with E-state index in [1.165, 1.54) is 31.3 Å². The zero-order chi connectivity index (χ0) is 10.6. The summed E-state index contributed by atoms with van der Waals surface area (Å²) >= 11 is 0. The molecule has 0 spiro atoms. The number of hydrogen-bond donors (Lipinski definition) is 0. The van der Waals surface area contributed by atoms with Gasteiger partial charge in [-0.05, 0) is 52.2 Å². The van der Waals surface area contributed by atoms with Crippen LogP contribution in [0.25, 0.3) is 0 Å². The molecule has 0 aromatic carbocycles. The maximum absolute atomic E-state index is 6.18. The van der Waals surface area contributed by atoms with Crippen LogP contribution < -0.4 is 0 Å². The highest BCUT2D eigenvalue weighted by Gasteiger charge is 2.21. The predicted molar refractivity (Wildman–Crippen MR) is 65.1 cm³/mol. The van der Waals surface area contributed by atoms with Crippen molar-refractivity contribution < 1.29 is 4.43 Å². The van der Waals surface area contributed by atoms with E-state index in [2.05, 4.69) is 32.6 Å². The molecular weight excluding hydrogens is 188 g/mol. The highest BCUT2D eigenvalue weighted by Crippen LogP contribution is 2.22. The molecule has 1 atom stereocenters. The fourth-order valence-electron chi connectivity index (χ4n) is 2.01. The van der Waals surface area contributed by atoms with Crippen LogP contribution in [-0.4, -0.2) is 14.4 Å². The molecule has 0 radical (unpaired) electrons. The molecule has 1 nitrogen and oxygen atoms in total. The molecule has 0 bridgehead atoms. The van der Waals surface area contributed by atoms with Gasteiger partial charge in [0.2, 0.25) is 0 Å². The van der Waals surface area contributed by atoms with Gasteiger partial charge in [0.05, 0.1) is 0 Å². The first-order valence-corrected chi connectivity index (χ1v) is 9.22. The zero-order valence-electron chi connectivity index (χ0n) is 10.1. The van der Waals surface area contributed by atoms with Crippen LogP contribution in [0.4, 0.5) is 0 Å². The van der Waals surface area contributed by atoms with Gasteiger partial charge in [-0.3, -0.25) is 0 Å². The summed E-state index contributed by atoms with van der Waals surface area (Å²) in [6.45, 7) is 9.09. The van der Waals surface area contributed by atoms with E-state index >= 15 is 0 Å². The highest BCUT2D eigenvalue weighted by atomic mass is 28.4. The smallest absolute Gasteiger partial charge is 0.184 e. The molecule has 0 fully saturated rings. The van der Waals surface area contributed by atoms with Gasteiger partial charge in [-0.1, -0.05) is 18.1 Å². The number of rotatable bonds is 2. The standard InChI is InChI=1S/C12H24OSi/c1-11-8-6-5-7-9-12(10-11)13-14(2,3)4/h8,12H,5-7,9-10H2,1-4H3/b11-8-. The largest absolute Gasteiger partial charge is 0.414 e. The molecule has 0 aromatic rings. The van der Waals surface area contributed by atoms with Crippen molar-refractivity contribution in [2.75, 3.05) is 0 Å². The minimum atomic E-state index is -1.34. The quantitative estimate of drug-likeness (QED) is 0.494. The second kappa shape index (κ2) is 5.13. The van der Waals surface area contributed by atoms with Gasteiger partial charge in [0, 0.05) is 6.10 Å². The first kappa shape index (κ1) is 12.0. The number of hydrogen-bond acceptors (Lipinski definition) is 1. The Morgan fingerprint density at radius 1 is 1.29 bits per heavy atom. The van der Waals surface area contributed by atoms with Crippen LogP contribution >= 0.6 is 0 Å². The first-order chi connectivity index (χ1) is 6.47. The fourth-order valence-corrected chi connectivity index (χ4v) is 3.21. The molecule has 2 heteroatoms. The van der Waals surface area contributed by atoms with Gasteiger partial charge in [0.1, 0.15) is 0 Å². The van der Waals surface area contributed by atoms with Crippen molar-refractivity contribution >= 4 is 8.32 Å². The lowest BCUT2D eigenvalue weighted by molar-refractivity contribution is 0.178. The first-order valence-electron chi connectivity index (χ1n) is 5.81. The highest BCUT2D eigenvalue weighted by molar-refractivity contribution is 6.69. The molecule has 0 saturated heterocycles. The van der Waals surface area contributed by atoms with Crippen molar-refractivity contribution in [1.29, 1.82) is 0 Å². The van der Waals surface area contributed by atoms with Gasteiger partial charge in [-0.15, -0.1) is 0 Å².